The Morgan fingerprint density at radius 2 is 0.880 bits per heavy atom. The van der Waals surface area contributed by atoms with Crippen LogP contribution in [0.1, 0.15) is 103 Å². The Kier molecular flexibility index (Phi) is 28.2. The molecule has 0 bridgehead atoms. The van der Waals surface area contributed by atoms with Gasteiger partial charge in [-0.05, 0) is 6.42 Å². The first-order valence-corrected chi connectivity index (χ1v) is 9.55. The molecule has 2 N–H and O–H groups in total. The number of rotatable bonds is 17. The molecule has 0 rings (SSSR count). The van der Waals surface area contributed by atoms with Gasteiger partial charge in [-0.15, -0.1) is 0 Å². The summed E-state index contributed by atoms with van der Waals surface area (Å²) < 4.78 is 0. The van der Waals surface area contributed by atoms with Crippen LogP contribution in [-0.4, -0.2) is 81.3 Å². The number of hydrogen-bond acceptors (Lipinski definition) is 2. The van der Waals surface area contributed by atoms with E-state index in [2.05, 4.69) is 6.92 Å². The molecule has 0 aliphatic rings. The average Bonchev–Trinajstić information content (AvgIpc) is 2.50. The van der Waals surface area contributed by atoms with E-state index in [1.54, 1.807) is 0 Å². The fraction of sp³-hybridized carbons (Fsp3) is 0.895. The van der Waals surface area contributed by atoms with E-state index in [0.29, 0.717) is 6.42 Å². The SMILES string of the molecule is CCCCCCCCCCCCCCCCC(C(=O)O)C(=O)O.[Na].[Na]. The molecule has 0 aromatic carbocycles. The van der Waals surface area contributed by atoms with Crippen LogP contribution in [0, 0.1) is 5.92 Å². The van der Waals surface area contributed by atoms with Crippen LogP contribution in [0.3, 0.4) is 0 Å². The number of carboxylic acid groups (broad SMARTS) is 2. The van der Waals surface area contributed by atoms with Gasteiger partial charge in [-0.3, -0.25) is 9.59 Å². The summed E-state index contributed by atoms with van der Waals surface area (Å²) in [6, 6.07) is 0. The van der Waals surface area contributed by atoms with Crippen molar-refractivity contribution in [2.75, 3.05) is 0 Å². The summed E-state index contributed by atoms with van der Waals surface area (Å²) in [5.74, 6) is -3.66. The zero-order chi connectivity index (χ0) is 17.3. The summed E-state index contributed by atoms with van der Waals surface area (Å²) in [5.41, 5.74) is 0. The van der Waals surface area contributed by atoms with Crippen molar-refractivity contribution in [3.63, 3.8) is 0 Å². The van der Waals surface area contributed by atoms with Crippen molar-refractivity contribution >= 4 is 71.1 Å². The number of carbonyl (C=O) groups is 2. The van der Waals surface area contributed by atoms with Gasteiger partial charge >= 0.3 is 11.9 Å². The van der Waals surface area contributed by atoms with Gasteiger partial charge in [-0.2, -0.15) is 0 Å². The molecule has 0 aliphatic carbocycles. The smallest absolute Gasteiger partial charge is 0.317 e. The fourth-order valence-corrected chi connectivity index (χ4v) is 2.90. The Labute approximate surface area is 198 Å². The third kappa shape index (κ3) is 21.1. The monoisotopic (exact) mass is 374 g/mol. The molecular formula is C19H36Na2O4. The minimum atomic E-state index is -1.23. The third-order valence-corrected chi connectivity index (χ3v) is 4.44. The summed E-state index contributed by atoms with van der Waals surface area (Å²) >= 11 is 0. The van der Waals surface area contributed by atoms with E-state index in [0.717, 1.165) is 12.8 Å². The summed E-state index contributed by atoms with van der Waals surface area (Å²) in [6.07, 6.45) is 17.6. The second-order valence-electron chi connectivity index (χ2n) is 6.61. The van der Waals surface area contributed by atoms with Crippen molar-refractivity contribution in [2.24, 2.45) is 5.92 Å². The third-order valence-electron chi connectivity index (χ3n) is 4.44. The van der Waals surface area contributed by atoms with Gasteiger partial charge < -0.3 is 10.2 Å². The molecule has 4 nitrogen and oxygen atoms in total. The number of unbranched alkanes of at least 4 members (excludes halogenated alkanes) is 13. The molecule has 0 aliphatic heterocycles. The molecule has 0 aromatic rings. The molecule has 0 atom stereocenters. The van der Waals surface area contributed by atoms with Gasteiger partial charge in [0.1, 0.15) is 0 Å². The predicted octanol–water partition coefficient (Wildman–Crippen LogP) is 4.88. The van der Waals surface area contributed by atoms with Crippen LogP contribution in [0.5, 0.6) is 0 Å². The second kappa shape index (κ2) is 23.0. The largest absolute Gasteiger partial charge is 0.481 e. The van der Waals surface area contributed by atoms with E-state index < -0.39 is 17.9 Å². The van der Waals surface area contributed by atoms with E-state index in [1.165, 1.54) is 70.6 Å². The van der Waals surface area contributed by atoms with E-state index in [4.69, 9.17) is 10.2 Å². The molecule has 0 aromatic heterocycles. The maximum absolute atomic E-state index is 10.7. The van der Waals surface area contributed by atoms with Gasteiger partial charge in [0, 0.05) is 59.1 Å². The Morgan fingerprint density at radius 3 is 1.16 bits per heavy atom. The van der Waals surface area contributed by atoms with Crippen molar-refractivity contribution in [1.29, 1.82) is 0 Å². The van der Waals surface area contributed by atoms with Gasteiger partial charge in [0.05, 0.1) is 0 Å². The molecule has 0 amide bonds. The number of aliphatic carboxylic acids is 2. The molecule has 0 spiro atoms. The van der Waals surface area contributed by atoms with E-state index >= 15 is 0 Å². The Bertz CT molecular complexity index is 298. The van der Waals surface area contributed by atoms with Crippen molar-refractivity contribution in [2.45, 2.75) is 103 Å². The van der Waals surface area contributed by atoms with Crippen molar-refractivity contribution in [3.8, 4) is 0 Å². The standard InChI is InChI=1S/C19H36O4.2Na/c1-2-3-4-5-6-7-8-9-10-11-12-13-14-15-16-17(18(20)21)19(22)23;;/h17H,2-16H2,1H3,(H,20,21)(H,22,23);;. The topological polar surface area (TPSA) is 74.6 Å². The second-order valence-corrected chi connectivity index (χ2v) is 6.61. The van der Waals surface area contributed by atoms with E-state index in [-0.39, 0.29) is 65.5 Å². The van der Waals surface area contributed by atoms with Crippen LogP contribution < -0.4 is 0 Å². The molecule has 25 heavy (non-hydrogen) atoms. The molecule has 0 unspecified atom stereocenters. The van der Waals surface area contributed by atoms with Crippen molar-refractivity contribution < 1.29 is 19.8 Å². The van der Waals surface area contributed by atoms with Crippen LogP contribution in [0.25, 0.3) is 0 Å². The zero-order valence-corrected chi connectivity index (χ0v) is 20.9. The maximum Gasteiger partial charge on any atom is 0.317 e. The number of carboxylic acids is 2. The Hall–Kier alpha value is 0.940. The number of hydrogen-bond donors (Lipinski definition) is 2. The minimum absolute atomic E-state index is 0. The molecule has 0 fully saturated rings. The van der Waals surface area contributed by atoms with Gasteiger partial charge in [0.2, 0.25) is 0 Å². The molecule has 6 heteroatoms. The summed E-state index contributed by atoms with van der Waals surface area (Å²) in [5, 5.41) is 17.5. The van der Waals surface area contributed by atoms with E-state index in [9.17, 15) is 9.59 Å². The van der Waals surface area contributed by atoms with Gasteiger partial charge in [-0.25, -0.2) is 0 Å². The summed E-state index contributed by atoms with van der Waals surface area (Å²) in [7, 11) is 0. The van der Waals surface area contributed by atoms with Crippen LogP contribution in [0.2, 0.25) is 0 Å². The van der Waals surface area contributed by atoms with Gasteiger partial charge in [-0.1, -0.05) is 96.8 Å². The van der Waals surface area contributed by atoms with Crippen LogP contribution in [-0.2, 0) is 9.59 Å². The molecular weight excluding hydrogens is 338 g/mol. The van der Waals surface area contributed by atoms with Gasteiger partial charge in [0.15, 0.2) is 5.92 Å². The molecule has 0 saturated carbocycles. The molecule has 2 radical (unpaired) electrons. The summed E-state index contributed by atoms with van der Waals surface area (Å²) in [4.78, 5) is 21.5. The fourth-order valence-electron chi connectivity index (χ4n) is 2.90. The Balaban J connectivity index is -0.00000242. The predicted molar refractivity (Wildman–Crippen MR) is 105 cm³/mol. The first-order valence-electron chi connectivity index (χ1n) is 9.55. The van der Waals surface area contributed by atoms with Crippen molar-refractivity contribution in [1.82, 2.24) is 0 Å². The quantitative estimate of drug-likeness (QED) is 0.216. The first kappa shape index (κ1) is 30.7. The maximum atomic E-state index is 10.7. The van der Waals surface area contributed by atoms with Crippen LogP contribution >= 0.6 is 0 Å². The van der Waals surface area contributed by atoms with E-state index in [1.807, 2.05) is 0 Å². The molecule has 0 heterocycles. The Morgan fingerprint density at radius 1 is 0.600 bits per heavy atom. The van der Waals surface area contributed by atoms with Crippen molar-refractivity contribution in [3.05, 3.63) is 0 Å². The molecule has 138 valence electrons. The average molecular weight is 374 g/mol. The normalized spacial score (nSPS) is 10.2. The summed E-state index contributed by atoms with van der Waals surface area (Å²) in [6.45, 7) is 2.25. The van der Waals surface area contributed by atoms with Crippen LogP contribution in [0.4, 0.5) is 0 Å². The minimum Gasteiger partial charge on any atom is -0.481 e. The molecule has 0 saturated heterocycles. The zero-order valence-electron chi connectivity index (χ0n) is 16.9. The first-order chi connectivity index (χ1) is 11.1. The van der Waals surface area contributed by atoms with Crippen LogP contribution in [0.15, 0.2) is 0 Å². The van der Waals surface area contributed by atoms with Gasteiger partial charge in [0.25, 0.3) is 0 Å².